The van der Waals surface area contributed by atoms with Gasteiger partial charge in [-0.1, -0.05) is 53.7 Å². The number of hydrogen-bond acceptors (Lipinski definition) is 2. The monoisotopic (exact) mass is 444 g/mol. The van der Waals surface area contributed by atoms with Crippen LogP contribution in [0.25, 0.3) is 10.9 Å². The van der Waals surface area contributed by atoms with Crippen molar-refractivity contribution in [1.29, 1.82) is 0 Å². The molecular formula is C26H44N2O2Si. The first-order valence-electron chi connectivity index (χ1n) is 11.8. The van der Waals surface area contributed by atoms with Crippen LogP contribution in [0.15, 0.2) is 24.4 Å². The molecule has 174 valence electrons. The number of ether oxygens (including phenoxy) is 1. The van der Waals surface area contributed by atoms with Crippen molar-refractivity contribution >= 4 is 25.2 Å². The van der Waals surface area contributed by atoms with Gasteiger partial charge in [-0.05, 0) is 81.1 Å². The van der Waals surface area contributed by atoms with Crippen molar-refractivity contribution in [3.8, 4) is 0 Å². The molecule has 1 aromatic carbocycles. The van der Waals surface area contributed by atoms with E-state index in [9.17, 15) is 4.79 Å². The molecule has 5 heteroatoms. The van der Waals surface area contributed by atoms with E-state index in [1.807, 2.05) is 20.8 Å². The Morgan fingerprint density at radius 1 is 1.03 bits per heavy atom. The maximum absolute atomic E-state index is 12.3. The molecule has 4 nitrogen and oxygen atoms in total. The highest BCUT2D eigenvalue weighted by atomic mass is 28.3. The predicted octanol–water partition coefficient (Wildman–Crippen LogP) is 7.43. The summed E-state index contributed by atoms with van der Waals surface area (Å²) in [5.74, 6) is 0. The van der Waals surface area contributed by atoms with Crippen LogP contribution in [0.2, 0.25) is 16.6 Å². The normalized spacial score (nSPS) is 14.0. The molecule has 31 heavy (non-hydrogen) atoms. The van der Waals surface area contributed by atoms with Gasteiger partial charge in [0.1, 0.15) is 5.60 Å². The number of benzene rings is 1. The molecule has 0 bridgehead atoms. The highest BCUT2D eigenvalue weighted by molar-refractivity contribution is 6.82. The van der Waals surface area contributed by atoms with E-state index in [1.165, 1.54) is 22.0 Å². The zero-order chi connectivity index (χ0) is 23.7. The molecule has 0 unspecified atom stereocenters. The van der Waals surface area contributed by atoms with Gasteiger partial charge in [0, 0.05) is 16.9 Å². The van der Waals surface area contributed by atoms with Gasteiger partial charge in [-0.25, -0.2) is 4.79 Å². The Bertz CT molecular complexity index is 884. The molecule has 0 saturated carbocycles. The molecule has 1 N–H and O–H groups in total. The molecule has 1 atom stereocenters. The fourth-order valence-electron chi connectivity index (χ4n) is 5.61. The average molecular weight is 445 g/mol. The Labute approximate surface area is 190 Å². The molecule has 0 spiro atoms. The van der Waals surface area contributed by atoms with Crippen molar-refractivity contribution in [2.75, 3.05) is 0 Å². The van der Waals surface area contributed by atoms with E-state index in [-0.39, 0.29) is 12.1 Å². The minimum Gasteiger partial charge on any atom is -0.444 e. The molecule has 1 aromatic heterocycles. The molecule has 2 rings (SSSR count). The van der Waals surface area contributed by atoms with Gasteiger partial charge >= 0.3 is 6.09 Å². The van der Waals surface area contributed by atoms with E-state index in [2.05, 4.69) is 89.3 Å². The number of fused-ring (bicyclic) bond motifs is 1. The number of alkyl carbamates (subject to hydrolysis) is 1. The van der Waals surface area contributed by atoms with E-state index in [1.54, 1.807) is 0 Å². The van der Waals surface area contributed by atoms with Crippen LogP contribution < -0.4 is 5.32 Å². The average Bonchev–Trinajstić information content (AvgIpc) is 2.90. The number of amides is 1. The van der Waals surface area contributed by atoms with Gasteiger partial charge in [-0.2, -0.15) is 0 Å². The lowest BCUT2D eigenvalue weighted by Crippen LogP contribution is -2.51. The van der Waals surface area contributed by atoms with Crippen LogP contribution in [0.3, 0.4) is 0 Å². The number of hydrogen-bond donors (Lipinski definition) is 1. The van der Waals surface area contributed by atoms with Gasteiger partial charge in [-0.15, -0.1) is 0 Å². The van der Waals surface area contributed by atoms with Gasteiger partial charge in [0.25, 0.3) is 0 Å². The Morgan fingerprint density at radius 2 is 1.58 bits per heavy atom. The summed E-state index contributed by atoms with van der Waals surface area (Å²) in [5.41, 5.74) is 5.31. The summed E-state index contributed by atoms with van der Waals surface area (Å²) in [6, 6.07) is 6.80. The maximum Gasteiger partial charge on any atom is 0.407 e. The van der Waals surface area contributed by atoms with Crippen LogP contribution in [0, 0.1) is 6.92 Å². The molecule has 1 heterocycles. The number of aryl methyl sites for hydroxylation is 1. The van der Waals surface area contributed by atoms with Gasteiger partial charge < -0.3 is 14.3 Å². The van der Waals surface area contributed by atoms with Gasteiger partial charge in [0.05, 0.1) is 0 Å². The van der Waals surface area contributed by atoms with Gasteiger partial charge in [0.15, 0.2) is 8.24 Å². The number of rotatable bonds is 7. The summed E-state index contributed by atoms with van der Waals surface area (Å²) < 4.78 is 8.14. The van der Waals surface area contributed by atoms with E-state index in [4.69, 9.17) is 4.74 Å². The zero-order valence-electron chi connectivity index (χ0n) is 21.6. The lowest BCUT2D eigenvalue weighted by Gasteiger charge is -2.44. The van der Waals surface area contributed by atoms with E-state index >= 15 is 0 Å². The minimum absolute atomic E-state index is 0.0107. The van der Waals surface area contributed by atoms with Crippen LogP contribution >= 0.6 is 0 Å². The fraction of sp³-hybridized carbons (Fsp3) is 0.654. The lowest BCUT2D eigenvalue weighted by atomic mass is 10.1. The van der Waals surface area contributed by atoms with Crippen LogP contribution in [-0.2, 0) is 11.2 Å². The molecule has 0 radical (unpaired) electrons. The third-order valence-electron chi connectivity index (χ3n) is 6.52. The van der Waals surface area contributed by atoms with Crippen LogP contribution in [0.1, 0.15) is 80.4 Å². The van der Waals surface area contributed by atoms with Gasteiger partial charge in [-0.3, -0.25) is 0 Å². The summed E-state index contributed by atoms with van der Waals surface area (Å²) in [4.78, 5) is 12.3. The molecule has 0 aliphatic heterocycles. The Balaban J connectivity index is 2.52. The number of carbonyl (C=O) groups excluding carboxylic acids is 1. The smallest absolute Gasteiger partial charge is 0.407 e. The van der Waals surface area contributed by atoms with Crippen molar-refractivity contribution in [1.82, 2.24) is 9.55 Å². The quantitative estimate of drug-likeness (QED) is 0.451. The Kier molecular flexibility index (Phi) is 7.73. The first kappa shape index (κ1) is 25.5. The summed E-state index contributed by atoms with van der Waals surface area (Å²) in [7, 11) is -1.88. The number of nitrogens with zero attached hydrogens (tertiary/aromatic N) is 1. The van der Waals surface area contributed by atoms with Crippen LogP contribution in [-0.4, -0.2) is 30.2 Å². The number of carbonyl (C=O) groups is 1. The maximum atomic E-state index is 12.3. The lowest BCUT2D eigenvalue weighted by molar-refractivity contribution is 0.0508. The van der Waals surface area contributed by atoms with Crippen molar-refractivity contribution in [2.24, 2.45) is 0 Å². The SMILES string of the molecule is Cc1ccc2c(C[C@@H](C)NC(=O)OC(C)(C)C)cn([Si](C(C)C)(C(C)C)C(C)C)c2c1. The highest BCUT2D eigenvalue weighted by Gasteiger charge is 2.46. The molecular weight excluding hydrogens is 400 g/mol. The molecule has 0 fully saturated rings. The summed E-state index contributed by atoms with van der Waals surface area (Å²) in [6.45, 7) is 24.3. The molecule has 0 aliphatic rings. The topological polar surface area (TPSA) is 43.3 Å². The van der Waals surface area contributed by atoms with Gasteiger partial charge in [0.2, 0.25) is 0 Å². The zero-order valence-corrected chi connectivity index (χ0v) is 22.6. The van der Waals surface area contributed by atoms with E-state index in [0.29, 0.717) is 16.6 Å². The first-order chi connectivity index (χ1) is 14.2. The van der Waals surface area contributed by atoms with Crippen molar-refractivity contribution in [2.45, 2.75) is 111 Å². The minimum atomic E-state index is -1.88. The standard InChI is InChI=1S/C26H44N2O2Si/c1-17(2)31(18(3)4,19(5)6)28-16-22(23-13-12-20(7)14-24(23)28)15-21(8)27-25(29)30-26(9,10)11/h12-14,16-19,21H,15H2,1-11H3,(H,27,29)/t21-/m1/s1. The first-order valence-corrected chi connectivity index (χ1v) is 14.0. The summed E-state index contributed by atoms with van der Waals surface area (Å²) in [6.07, 6.45) is 2.84. The van der Waals surface area contributed by atoms with Crippen molar-refractivity contribution in [3.63, 3.8) is 0 Å². The van der Waals surface area contributed by atoms with Crippen LogP contribution in [0.5, 0.6) is 0 Å². The van der Waals surface area contributed by atoms with E-state index in [0.717, 1.165) is 6.42 Å². The fourth-order valence-corrected chi connectivity index (χ4v) is 12.3. The van der Waals surface area contributed by atoms with Crippen LogP contribution in [0.4, 0.5) is 4.79 Å². The largest absolute Gasteiger partial charge is 0.444 e. The molecule has 2 aromatic rings. The number of nitrogens with one attached hydrogen (secondary N) is 1. The van der Waals surface area contributed by atoms with Crippen molar-refractivity contribution < 1.29 is 9.53 Å². The molecule has 0 aliphatic carbocycles. The third-order valence-corrected chi connectivity index (χ3v) is 13.3. The molecule has 0 saturated heterocycles. The Morgan fingerprint density at radius 3 is 2.06 bits per heavy atom. The molecule has 1 amide bonds. The second-order valence-electron chi connectivity index (χ2n) is 11.1. The summed E-state index contributed by atoms with van der Waals surface area (Å²) >= 11 is 0. The number of aromatic nitrogens is 1. The third kappa shape index (κ3) is 5.36. The Hall–Kier alpha value is -1.75. The van der Waals surface area contributed by atoms with Crippen molar-refractivity contribution in [3.05, 3.63) is 35.5 Å². The summed E-state index contributed by atoms with van der Waals surface area (Å²) in [5, 5.41) is 4.33. The second kappa shape index (κ2) is 9.39. The highest BCUT2D eigenvalue weighted by Crippen LogP contribution is 2.45. The second-order valence-corrected chi connectivity index (χ2v) is 16.9. The predicted molar refractivity (Wildman–Crippen MR) is 136 cm³/mol. The van der Waals surface area contributed by atoms with E-state index < -0.39 is 13.8 Å².